The number of ether oxygens (including phenoxy) is 1. The molecule has 0 bridgehead atoms. The van der Waals surface area contributed by atoms with Crippen LogP contribution in [0.4, 0.5) is 0 Å². The monoisotopic (exact) mass is 413 g/mol. The summed E-state index contributed by atoms with van der Waals surface area (Å²) in [5.74, 6) is -1.10. The lowest BCUT2D eigenvalue weighted by Crippen LogP contribution is -2.30. The number of rotatable bonds is 9. The van der Waals surface area contributed by atoms with E-state index < -0.39 is 11.9 Å². The summed E-state index contributed by atoms with van der Waals surface area (Å²) in [7, 11) is 0. The van der Waals surface area contributed by atoms with Crippen molar-refractivity contribution < 1.29 is 19.1 Å². The maximum atomic E-state index is 11.8. The zero-order chi connectivity index (χ0) is 18.9. The molecule has 1 aromatic heterocycles. The topological polar surface area (TPSA) is 72.5 Å². The number of amides is 1. The number of hydrogen-bond donors (Lipinski definition) is 1. The highest BCUT2D eigenvalue weighted by atomic mass is 35.5. The first-order chi connectivity index (χ1) is 12.5. The molecule has 0 spiro atoms. The number of halogens is 2. The number of carbonyl (C=O) groups excluding carboxylic acids is 3. The second-order valence-electron chi connectivity index (χ2n) is 5.40. The second kappa shape index (κ2) is 10.3. The van der Waals surface area contributed by atoms with E-state index in [0.717, 1.165) is 5.56 Å². The molecule has 138 valence electrons. The molecule has 8 heteroatoms. The maximum absolute atomic E-state index is 11.8. The van der Waals surface area contributed by atoms with Crippen molar-refractivity contribution in [3.05, 3.63) is 56.2 Å². The van der Waals surface area contributed by atoms with Crippen LogP contribution in [0, 0.1) is 0 Å². The van der Waals surface area contributed by atoms with Crippen LogP contribution in [0.15, 0.2) is 35.7 Å². The van der Waals surface area contributed by atoms with Gasteiger partial charge in [-0.1, -0.05) is 35.3 Å². The number of benzene rings is 1. The van der Waals surface area contributed by atoms with Crippen LogP contribution >= 0.6 is 34.5 Å². The number of ketones is 1. The lowest BCUT2D eigenvalue weighted by molar-refractivity contribution is -0.148. The molecule has 0 aliphatic carbocycles. The van der Waals surface area contributed by atoms with Gasteiger partial charge in [-0.3, -0.25) is 14.4 Å². The van der Waals surface area contributed by atoms with Gasteiger partial charge in [0.1, 0.15) is 0 Å². The Hall–Kier alpha value is -1.89. The molecule has 0 unspecified atom stereocenters. The minimum atomic E-state index is -0.578. The van der Waals surface area contributed by atoms with Gasteiger partial charge in [-0.25, -0.2) is 0 Å². The molecule has 0 fully saturated rings. The maximum Gasteiger partial charge on any atom is 0.306 e. The SMILES string of the molecule is O=C(COC(=O)CCC(=O)c1cccs1)NCCc1ccc(Cl)cc1Cl. The van der Waals surface area contributed by atoms with Gasteiger partial charge in [-0.05, 0) is 35.6 Å². The third-order valence-corrected chi connectivity index (χ3v) is 4.95. The first kappa shape index (κ1) is 20.4. The average Bonchev–Trinajstić information content (AvgIpc) is 3.14. The summed E-state index contributed by atoms with van der Waals surface area (Å²) < 4.78 is 4.87. The van der Waals surface area contributed by atoms with E-state index in [9.17, 15) is 14.4 Å². The van der Waals surface area contributed by atoms with Crippen molar-refractivity contribution in [2.45, 2.75) is 19.3 Å². The van der Waals surface area contributed by atoms with Gasteiger partial charge < -0.3 is 10.1 Å². The molecule has 0 atom stereocenters. The molecule has 1 N–H and O–H groups in total. The molecule has 5 nitrogen and oxygen atoms in total. The van der Waals surface area contributed by atoms with Crippen molar-refractivity contribution in [2.75, 3.05) is 13.2 Å². The number of nitrogens with one attached hydrogen (secondary N) is 1. The molecule has 1 heterocycles. The zero-order valence-electron chi connectivity index (χ0n) is 13.8. The van der Waals surface area contributed by atoms with Crippen LogP contribution in [0.2, 0.25) is 10.0 Å². The third kappa shape index (κ3) is 6.78. The van der Waals surface area contributed by atoms with E-state index in [2.05, 4.69) is 5.32 Å². The predicted octanol–water partition coefficient (Wildman–Crippen LogP) is 3.92. The number of Topliss-reactive ketones (excluding diaryl/α,β-unsaturated/α-hetero) is 1. The van der Waals surface area contributed by atoms with Gasteiger partial charge in [-0.2, -0.15) is 0 Å². The first-order valence-corrected chi connectivity index (χ1v) is 9.52. The summed E-state index contributed by atoms with van der Waals surface area (Å²) in [6.45, 7) is -0.0189. The molecule has 0 radical (unpaired) electrons. The van der Waals surface area contributed by atoms with E-state index in [-0.39, 0.29) is 25.2 Å². The van der Waals surface area contributed by atoms with Crippen molar-refractivity contribution in [1.29, 1.82) is 0 Å². The van der Waals surface area contributed by atoms with E-state index >= 15 is 0 Å². The van der Waals surface area contributed by atoms with Crippen molar-refractivity contribution >= 4 is 52.2 Å². The van der Waals surface area contributed by atoms with Crippen molar-refractivity contribution in [1.82, 2.24) is 5.32 Å². The highest BCUT2D eigenvalue weighted by Crippen LogP contribution is 2.21. The lowest BCUT2D eigenvalue weighted by atomic mass is 10.1. The third-order valence-electron chi connectivity index (χ3n) is 3.45. The molecule has 2 aromatic rings. The lowest BCUT2D eigenvalue weighted by Gasteiger charge is -2.08. The molecule has 26 heavy (non-hydrogen) atoms. The van der Waals surface area contributed by atoms with Crippen LogP contribution in [0.3, 0.4) is 0 Å². The zero-order valence-corrected chi connectivity index (χ0v) is 16.1. The summed E-state index contributed by atoms with van der Waals surface area (Å²) in [5, 5.41) is 5.53. The molecule has 1 amide bonds. The summed E-state index contributed by atoms with van der Waals surface area (Å²) in [5.41, 5.74) is 0.862. The Morgan fingerprint density at radius 1 is 1.12 bits per heavy atom. The Kier molecular flexibility index (Phi) is 8.09. The standard InChI is InChI=1S/C18H17Cl2NO4S/c19-13-4-3-12(14(20)10-13)7-8-21-17(23)11-25-18(24)6-5-15(22)16-2-1-9-26-16/h1-4,9-10H,5-8,11H2,(H,21,23). The Morgan fingerprint density at radius 2 is 1.92 bits per heavy atom. The fourth-order valence-corrected chi connectivity index (χ4v) is 3.30. The molecule has 0 saturated carbocycles. The van der Waals surface area contributed by atoms with Gasteiger partial charge >= 0.3 is 5.97 Å². The molecule has 0 aliphatic rings. The highest BCUT2D eigenvalue weighted by molar-refractivity contribution is 7.12. The molecule has 2 rings (SSSR count). The number of esters is 1. The van der Waals surface area contributed by atoms with Gasteiger partial charge in [0.25, 0.3) is 5.91 Å². The van der Waals surface area contributed by atoms with Crippen LogP contribution in [0.5, 0.6) is 0 Å². The first-order valence-electron chi connectivity index (χ1n) is 7.88. The molecule has 0 aliphatic heterocycles. The largest absolute Gasteiger partial charge is 0.456 e. The van der Waals surface area contributed by atoms with E-state index in [1.54, 1.807) is 35.7 Å². The number of hydrogen-bond acceptors (Lipinski definition) is 5. The molecule has 1 aromatic carbocycles. The fourth-order valence-electron chi connectivity index (χ4n) is 2.11. The normalized spacial score (nSPS) is 10.4. The summed E-state index contributed by atoms with van der Waals surface area (Å²) in [6.07, 6.45) is 0.547. The van der Waals surface area contributed by atoms with Gasteiger partial charge in [0.2, 0.25) is 0 Å². The van der Waals surface area contributed by atoms with Crippen LogP contribution in [0.1, 0.15) is 28.1 Å². The molecular weight excluding hydrogens is 397 g/mol. The summed E-state index contributed by atoms with van der Waals surface area (Å²) >= 11 is 13.2. The predicted molar refractivity (Wildman–Crippen MR) is 102 cm³/mol. The van der Waals surface area contributed by atoms with Crippen LogP contribution in [0.25, 0.3) is 0 Å². The van der Waals surface area contributed by atoms with Gasteiger partial charge in [0.05, 0.1) is 11.3 Å². The van der Waals surface area contributed by atoms with E-state index in [4.69, 9.17) is 27.9 Å². The smallest absolute Gasteiger partial charge is 0.306 e. The van der Waals surface area contributed by atoms with Crippen LogP contribution in [-0.4, -0.2) is 30.8 Å². The van der Waals surface area contributed by atoms with E-state index in [0.29, 0.717) is 27.9 Å². The van der Waals surface area contributed by atoms with Gasteiger partial charge in [0.15, 0.2) is 12.4 Å². The highest BCUT2D eigenvalue weighted by Gasteiger charge is 2.12. The number of thiophene rings is 1. The Bertz CT molecular complexity index is 778. The Morgan fingerprint density at radius 3 is 2.62 bits per heavy atom. The van der Waals surface area contributed by atoms with Crippen molar-refractivity contribution in [3.8, 4) is 0 Å². The minimum absolute atomic E-state index is 0.0512. The van der Waals surface area contributed by atoms with E-state index in [1.807, 2.05) is 0 Å². The summed E-state index contributed by atoms with van der Waals surface area (Å²) in [6, 6.07) is 8.64. The van der Waals surface area contributed by atoms with Crippen molar-refractivity contribution in [3.63, 3.8) is 0 Å². The van der Waals surface area contributed by atoms with Crippen LogP contribution < -0.4 is 5.32 Å². The van der Waals surface area contributed by atoms with E-state index in [1.165, 1.54) is 11.3 Å². The Labute approximate surface area is 165 Å². The average molecular weight is 414 g/mol. The molecular formula is C18H17Cl2NO4S. The molecule has 0 saturated heterocycles. The van der Waals surface area contributed by atoms with Gasteiger partial charge in [0, 0.05) is 23.0 Å². The van der Waals surface area contributed by atoms with Crippen LogP contribution in [-0.2, 0) is 20.7 Å². The number of carbonyl (C=O) groups is 3. The van der Waals surface area contributed by atoms with Crippen molar-refractivity contribution in [2.24, 2.45) is 0 Å². The second-order valence-corrected chi connectivity index (χ2v) is 7.19. The minimum Gasteiger partial charge on any atom is -0.456 e. The fraction of sp³-hybridized carbons (Fsp3) is 0.278. The summed E-state index contributed by atoms with van der Waals surface area (Å²) in [4.78, 5) is 35.7. The quantitative estimate of drug-likeness (QED) is 0.499. The van der Waals surface area contributed by atoms with Gasteiger partial charge in [-0.15, -0.1) is 11.3 Å². The Balaban J connectivity index is 1.62.